The lowest BCUT2D eigenvalue weighted by Gasteiger charge is -2.15. The van der Waals surface area contributed by atoms with Crippen molar-refractivity contribution in [2.24, 2.45) is 17.6 Å². The van der Waals surface area contributed by atoms with Gasteiger partial charge in [0.1, 0.15) is 6.61 Å². The van der Waals surface area contributed by atoms with Gasteiger partial charge in [-0.3, -0.25) is 4.79 Å². The van der Waals surface area contributed by atoms with Crippen molar-refractivity contribution < 1.29 is 19.0 Å². The molecule has 0 bridgehead atoms. The molecule has 0 fully saturated rings. The van der Waals surface area contributed by atoms with Crippen LogP contribution < -0.4 is 5.73 Å². The van der Waals surface area contributed by atoms with E-state index in [-0.39, 0.29) is 18.5 Å². The molecule has 0 aromatic rings. The van der Waals surface area contributed by atoms with E-state index in [2.05, 4.69) is 13.8 Å². The number of nitrogens with two attached hydrogens (primary N) is 1. The van der Waals surface area contributed by atoms with Crippen molar-refractivity contribution in [1.82, 2.24) is 0 Å². The first kappa shape index (κ1) is 16.4. The van der Waals surface area contributed by atoms with Gasteiger partial charge in [-0.05, 0) is 12.3 Å². The molecule has 0 spiro atoms. The summed E-state index contributed by atoms with van der Waals surface area (Å²) >= 11 is 0. The Kier molecular flexibility index (Phi) is 10.1. The molecule has 0 aliphatic rings. The highest BCUT2D eigenvalue weighted by atomic mass is 16.6. The molecule has 2 N–H and O–H groups in total. The smallest absolute Gasteiger partial charge is 0.310 e. The molecule has 0 amide bonds. The Balaban J connectivity index is 3.61. The summed E-state index contributed by atoms with van der Waals surface area (Å²) in [7, 11) is 1.61. The van der Waals surface area contributed by atoms with Crippen LogP contribution in [-0.2, 0) is 19.0 Å². The molecule has 5 heteroatoms. The van der Waals surface area contributed by atoms with Gasteiger partial charge >= 0.3 is 5.97 Å². The highest BCUT2D eigenvalue weighted by Crippen LogP contribution is 2.11. The second-order valence-electron chi connectivity index (χ2n) is 4.33. The molecular formula is C12H25NO4. The van der Waals surface area contributed by atoms with Crippen molar-refractivity contribution in [3.05, 3.63) is 0 Å². The Morgan fingerprint density at radius 1 is 1.18 bits per heavy atom. The maximum absolute atomic E-state index is 11.6. The average Bonchev–Trinajstić information content (AvgIpc) is 2.30. The molecule has 1 unspecified atom stereocenters. The summed E-state index contributed by atoms with van der Waals surface area (Å²) in [6.45, 7) is 6.19. The number of methoxy groups -OCH3 is 1. The molecule has 1 atom stereocenters. The fourth-order valence-corrected chi connectivity index (χ4v) is 1.42. The number of carbonyl (C=O) groups excluding carboxylic acids is 1. The zero-order chi connectivity index (χ0) is 13.1. The number of esters is 1. The topological polar surface area (TPSA) is 70.8 Å². The summed E-state index contributed by atoms with van der Waals surface area (Å²) in [6.07, 6.45) is 0.764. The number of rotatable bonds is 10. The normalized spacial score (nSPS) is 12.8. The van der Waals surface area contributed by atoms with Gasteiger partial charge in [0.25, 0.3) is 0 Å². The molecule has 0 heterocycles. The minimum Gasteiger partial charge on any atom is -0.463 e. The van der Waals surface area contributed by atoms with Gasteiger partial charge in [-0.15, -0.1) is 0 Å². The van der Waals surface area contributed by atoms with E-state index in [0.29, 0.717) is 32.3 Å². The van der Waals surface area contributed by atoms with Crippen molar-refractivity contribution in [2.45, 2.75) is 20.3 Å². The first-order chi connectivity index (χ1) is 8.11. The van der Waals surface area contributed by atoms with Crippen LogP contribution in [0.5, 0.6) is 0 Å². The van der Waals surface area contributed by atoms with Crippen LogP contribution in [0.1, 0.15) is 20.3 Å². The molecule has 0 aliphatic carbocycles. The lowest BCUT2D eigenvalue weighted by molar-refractivity contribution is -0.150. The number of ether oxygens (including phenoxy) is 3. The van der Waals surface area contributed by atoms with E-state index < -0.39 is 0 Å². The Labute approximate surface area is 104 Å². The molecule has 0 radical (unpaired) electrons. The van der Waals surface area contributed by atoms with Crippen molar-refractivity contribution >= 4 is 5.97 Å². The molecule has 5 nitrogen and oxygen atoms in total. The zero-order valence-corrected chi connectivity index (χ0v) is 11.1. The summed E-state index contributed by atoms with van der Waals surface area (Å²) in [6, 6.07) is 0. The lowest BCUT2D eigenvalue weighted by Crippen LogP contribution is -2.28. The van der Waals surface area contributed by atoms with Crippen LogP contribution in [0, 0.1) is 11.8 Å². The minimum atomic E-state index is -0.225. The van der Waals surface area contributed by atoms with Crippen LogP contribution in [0.25, 0.3) is 0 Å². The monoisotopic (exact) mass is 247 g/mol. The third-order valence-electron chi connectivity index (χ3n) is 2.28. The van der Waals surface area contributed by atoms with E-state index in [1.165, 1.54) is 0 Å². The number of hydrogen-bond acceptors (Lipinski definition) is 5. The fraction of sp³-hybridized carbons (Fsp3) is 0.917. The van der Waals surface area contributed by atoms with Gasteiger partial charge in [0.15, 0.2) is 0 Å². The Bertz CT molecular complexity index is 197. The van der Waals surface area contributed by atoms with Crippen LogP contribution in [0.15, 0.2) is 0 Å². The largest absolute Gasteiger partial charge is 0.463 e. The van der Waals surface area contributed by atoms with Crippen LogP contribution in [-0.4, -0.2) is 46.1 Å². The van der Waals surface area contributed by atoms with E-state index in [1.807, 2.05) is 0 Å². The second kappa shape index (κ2) is 10.5. The third-order valence-corrected chi connectivity index (χ3v) is 2.28. The predicted molar refractivity (Wildman–Crippen MR) is 65.7 cm³/mol. The standard InChI is InChI=1S/C12H25NO4/c1-10(2)8-11(9-13)12(14)17-7-6-16-5-4-15-3/h10-11H,4-9,13H2,1-3H3. The SMILES string of the molecule is COCCOCCOC(=O)C(CN)CC(C)C. The summed E-state index contributed by atoms with van der Waals surface area (Å²) in [5.41, 5.74) is 5.54. The predicted octanol–water partition coefficient (Wildman–Crippen LogP) is 0.814. The van der Waals surface area contributed by atoms with Crippen molar-refractivity contribution in [3.63, 3.8) is 0 Å². The first-order valence-corrected chi connectivity index (χ1v) is 6.05. The molecule has 0 aliphatic heterocycles. The highest BCUT2D eigenvalue weighted by molar-refractivity contribution is 5.72. The van der Waals surface area contributed by atoms with E-state index in [9.17, 15) is 4.79 Å². The fourth-order valence-electron chi connectivity index (χ4n) is 1.42. The van der Waals surface area contributed by atoms with Crippen molar-refractivity contribution in [1.29, 1.82) is 0 Å². The summed E-state index contributed by atoms with van der Waals surface area (Å²) in [5, 5.41) is 0. The van der Waals surface area contributed by atoms with Gasteiger partial charge in [-0.1, -0.05) is 13.8 Å². The van der Waals surface area contributed by atoms with E-state index in [1.54, 1.807) is 7.11 Å². The van der Waals surface area contributed by atoms with Gasteiger partial charge < -0.3 is 19.9 Å². The Morgan fingerprint density at radius 2 is 1.82 bits per heavy atom. The van der Waals surface area contributed by atoms with Gasteiger partial charge in [0.05, 0.1) is 25.7 Å². The molecule has 0 rings (SSSR count). The second-order valence-corrected chi connectivity index (χ2v) is 4.33. The molecule has 0 saturated carbocycles. The van der Waals surface area contributed by atoms with E-state index >= 15 is 0 Å². The summed E-state index contributed by atoms with van der Waals surface area (Å²) in [5.74, 6) is 0.0135. The van der Waals surface area contributed by atoms with Crippen molar-refractivity contribution in [2.75, 3.05) is 40.1 Å². The maximum atomic E-state index is 11.6. The van der Waals surface area contributed by atoms with Gasteiger partial charge in [0, 0.05) is 13.7 Å². The molecule has 0 aromatic heterocycles. The van der Waals surface area contributed by atoms with Crippen LogP contribution in [0.4, 0.5) is 0 Å². The summed E-state index contributed by atoms with van der Waals surface area (Å²) in [4.78, 5) is 11.6. The van der Waals surface area contributed by atoms with Crippen LogP contribution in [0.2, 0.25) is 0 Å². The number of carbonyl (C=O) groups is 1. The lowest BCUT2D eigenvalue weighted by atomic mass is 9.97. The average molecular weight is 247 g/mol. The highest BCUT2D eigenvalue weighted by Gasteiger charge is 2.19. The van der Waals surface area contributed by atoms with E-state index in [0.717, 1.165) is 6.42 Å². The quantitative estimate of drug-likeness (QED) is 0.457. The van der Waals surface area contributed by atoms with Crippen LogP contribution >= 0.6 is 0 Å². The molecule has 0 saturated heterocycles. The van der Waals surface area contributed by atoms with E-state index in [4.69, 9.17) is 19.9 Å². The third kappa shape index (κ3) is 9.09. The zero-order valence-electron chi connectivity index (χ0n) is 11.1. The Morgan fingerprint density at radius 3 is 2.35 bits per heavy atom. The molecule has 17 heavy (non-hydrogen) atoms. The van der Waals surface area contributed by atoms with Gasteiger partial charge in [-0.2, -0.15) is 0 Å². The van der Waals surface area contributed by atoms with Gasteiger partial charge in [0.2, 0.25) is 0 Å². The molecule has 0 aromatic carbocycles. The van der Waals surface area contributed by atoms with Gasteiger partial charge in [-0.25, -0.2) is 0 Å². The number of hydrogen-bond donors (Lipinski definition) is 1. The summed E-state index contributed by atoms with van der Waals surface area (Å²) < 4.78 is 15.1. The molecule has 102 valence electrons. The van der Waals surface area contributed by atoms with Crippen molar-refractivity contribution in [3.8, 4) is 0 Å². The molecular weight excluding hydrogens is 222 g/mol. The maximum Gasteiger partial charge on any atom is 0.310 e. The minimum absolute atomic E-state index is 0.200. The Hall–Kier alpha value is -0.650. The van der Waals surface area contributed by atoms with Crippen LogP contribution in [0.3, 0.4) is 0 Å². The first-order valence-electron chi connectivity index (χ1n) is 6.05.